The Bertz CT molecular complexity index is 279. The lowest BCUT2D eigenvalue weighted by Gasteiger charge is -2.45. The minimum absolute atomic E-state index is 0.117. The highest BCUT2D eigenvalue weighted by Crippen LogP contribution is 2.51. The van der Waals surface area contributed by atoms with E-state index in [2.05, 4.69) is 0 Å². The molecule has 2 bridgehead atoms. The molecule has 2 heteroatoms. The van der Waals surface area contributed by atoms with Crippen molar-refractivity contribution in [1.82, 2.24) is 0 Å². The summed E-state index contributed by atoms with van der Waals surface area (Å²) >= 11 is 0. The molecule has 0 aromatic heterocycles. The van der Waals surface area contributed by atoms with Crippen molar-refractivity contribution in [2.24, 2.45) is 11.3 Å². The third kappa shape index (κ3) is 2.40. The second kappa shape index (κ2) is 4.35. The van der Waals surface area contributed by atoms with Crippen LogP contribution in [-0.4, -0.2) is 5.78 Å². The summed E-state index contributed by atoms with van der Waals surface area (Å²) in [5, 5.41) is 8.52. The molecule has 0 atom stereocenters. The smallest absolute Gasteiger partial charge is 0.147 e. The third-order valence-electron chi connectivity index (χ3n) is 4.21. The van der Waals surface area contributed by atoms with Crippen LogP contribution in [-0.2, 0) is 4.79 Å². The van der Waals surface area contributed by atoms with Crippen LogP contribution >= 0.6 is 0 Å². The molecular weight excluding hydrogens is 186 g/mol. The summed E-state index contributed by atoms with van der Waals surface area (Å²) < 4.78 is 0. The Hall–Kier alpha value is -0.840. The van der Waals surface area contributed by atoms with Gasteiger partial charge in [-0.15, -0.1) is 0 Å². The average molecular weight is 205 g/mol. The van der Waals surface area contributed by atoms with Crippen molar-refractivity contribution in [2.45, 2.75) is 57.8 Å². The van der Waals surface area contributed by atoms with Gasteiger partial charge in [0.1, 0.15) is 5.78 Å². The van der Waals surface area contributed by atoms with E-state index < -0.39 is 0 Å². The number of carbonyl (C=O) groups excluding carboxylic acids is 1. The van der Waals surface area contributed by atoms with Crippen molar-refractivity contribution in [3.8, 4) is 6.07 Å². The molecule has 2 nitrogen and oxygen atoms in total. The zero-order valence-electron chi connectivity index (χ0n) is 9.30. The van der Waals surface area contributed by atoms with E-state index in [1.54, 1.807) is 0 Å². The molecule has 82 valence electrons. The van der Waals surface area contributed by atoms with Gasteiger partial charge in [0.05, 0.1) is 12.5 Å². The van der Waals surface area contributed by atoms with Gasteiger partial charge in [-0.3, -0.25) is 4.79 Å². The van der Waals surface area contributed by atoms with E-state index in [9.17, 15) is 4.79 Å². The second-order valence-electron chi connectivity index (χ2n) is 5.40. The molecule has 0 spiro atoms. The maximum Gasteiger partial charge on any atom is 0.147 e. The van der Waals surface area contributed by atoms with Gasteiger partial charge in [0.2, 0.25) is 0 Å². The molecule has 0 aliphatic heterocycles. The average Bonchev–Trinajstić information content (AvgIpc) is 2.17. The van der Waals surface area contributed by atoms with Gasteiger partial charge < -0.3 is 0 Å². The van der Waals surface area contributed by atoms with E-state index in [1.807, 2.05) is 6.07 Å². The van der Waals surface area contributed by atoms with Crippen LogP contribution in [0.2, 0.25) is 0 Å². The molecule has 0 aromatic rings. The molecule has 2 fully saturated rings. The Labute approximate surface area is 91.7 Å². The molecule has 0 N–H and O–H groups in total. The lowest BCUT2D eigenvalue weighted by molar-refractivity contribution is -0.122. The van der Waals surface area contributed by atoms with E-state index in [0.717, 1.165) is 5.92 Å². The van der Waals surface area contributed by atoms with Gasteiger partial charge >= 0.3 is 0 Å². The Morgan fingerprint density at radius 1 is 1.33 bits per heavy atom. The van der Waals surface area contributed by atoms with Gasteiger partial charge in [0.25, 0.3) is 0 Å². The van der Waals surface area contributed by atoms with E-state index in [4.69, 9.17) is 5.26 Å². The van der Waals surface area contributed by atoms with Crippen LogP contribution < -0.4 is 0 Å². The first kappa shape index (κ1) is 10.7. The van der Waals surface area contributed by atoms with Gasteiger partial charge in [-0.25, -0.2) is 0 Å². The van der Waals surface area contributed by atoms with Crippen LogP contribution in [0.15, 0.2) is 0 Å². The first-order valence-electron chi connectivity index (χ1n) is 6.13. The van der Waals surface area contributed by atoms with Crippen LogP contribution in [0.5, 0.6) is 0 Å². The summed E-state index contributed by atoms with van der Waals surface area (Å²) in [6.45, 7) is 0. The van der Waals surface area contributed by atoms with Gasteiger partial charge in [-0.2, -0.15) is 5.26 Å². The van der Waals surface area contributed by atoms with Crippen LogP contribution in [0.25, 0.3) is 0 Å². The number of nitrogens with zero attached hydrogens (tertiary/aromatic N) is 1. The molecule has 0 unspecified atom stereocenters. The molecular formula is C13H19NO. The lowest BCUT2D eigenvalue weighted by Crippen LogP contribution is -2.34. The Kier molecular flexibility index (Phi) is 3.09. The van der Waals surface area contributed by atoms with Crippen LogP contribution in [0.3, 0.4) is 0 Å². The molecule has 2 saturated carbocycles. The van der Waals surface area contributed by atoms with Crippen molar-refractivity contribution >= 4 is 5.78 Å². The lowest BCUT2D eigenvalue weighted by atomic mass is 9.60. The summed E-state index contributed by atoms with van der Waals surface area (Å²) in [6.07, 6.45) is 9.83. The number of hydrogen-bond acceptors (Lipinski definition) is 2. The Balaban J connectivity index is 1.99. The standard InChI is InChI=1S/C13H19NO/c14-8-5-12(15)10-13-6-1-3-11(9-13)4-2-7-13/h11H,1-7,9-10H2. The predicted octanol–water partition coefficient (Wildman–Crippen LogP) is 3.22. The molecule has 0 radical (unpaired) electrons. The molecule has 0 saturated heterocycles. The fourth-order valence-corrected chi connectivity index (χ4v) is 3.64. The predicted molar refractivity (Wildman–Crippen MR) is 58.1 cm³/mol. The van der Waals surface area contributed by atoms with E-state index in [0.29, 0.717) is 11.8 Å². The van der Waals surface area contributed by atoms with Crippen molar-refractivity contribution in [3.63, 3.8) is 0 Å². The first-order chi connectivity index (χ1) is 7.24. The van der Waals surface area contributed by atoms with Crippen LogP contribution in [0.1, 0.15) is 57.8 Å². The molecule has 0 aromatic carbocycles. The number of ketones is 1. The summed E-state index contributed by atoms with van der Waals surface area (Å²) in [5.41, 5.74) is 0.301. The van der Waals surface area contributed by atoms with E-state index >= 15 is 0 Å². The summed E-state index contributed by atoms with van der Waals surface area (Å²) in [5.74, 6) is 1.04. The van der Waals surface area contributed by atoms with Gasteiger partial charge in [-0.05, 0) is 30.6 Å². The summed E-state index contributed by atoms with van der Waals surface area (Å²) in [7, 11) is 0. The molecule has 0 heterocycles. The largest absolute Gasteiger partial charge is 0.299 e. The first-order valence-corrected chi connectivity index (χ1v) is 6.13. The number of fused-ring (bicyclic) bond motifs is 2. The van der Waals surface area contributed by atoms with Gasteiger partial charge in [-0.1, -0.05) is 25.7 Å². The van der Waals surface area contributed by atoms with Gasteiger partial charge in [0, 0.05) is 6.42 Å². The highest BCUT2D eigenvalue weighted by atomic mass is 16.1. The highest BCUT2D eigenvalue weighted by molar-refractivity contribution is 5.81. The molecule has 0 amide bonds. The Morgan fingerprint density at radius 3 is 2.60 bits per heavy atom. The normalized spacial score (nSPS) is 34.5. The van der Waals surface area contributed by atoms with Crippen molar-refractivity contribution in [2.75, 3.05) is 0 Å². The minimum atomic E-state index is 0.117. The molecule has 2 aliphatic rings. The second-order valence-corrected chi connectivity index (χ2v) is 5.40. The van der Waals surface area contributed by atoms with Crippen molar-refractivity contribution < 1.29 is 4.79 Å². The molecule has 15 heavy (non-hydrogen) atoms. The number of nitriles is 1. The zero-order chi connectivity index (χ0) is 10.7. The van der Waals surface area contributed by atoms with E-state index in [1.165, 1.54) is 44.9 Å². The fraction of sp³-hybridized carbons (Fsp3) is 0.846. The number of Topliss-reactive ketones (excluding diaryl/α,β-unsaturated/α-hetero) is 1. The monoisotopic (exact) mass is 205 g/mol. The van der Waals surface area contributed by atoms with Crippen LogP contribution in [0.4, 0.5) is 0 Å². The number of hydrogen-bond donors (Lipinski definition) is 0. The van der Waals surface area contributed by atoms with E-state index in [-0.39, 0.29) is 12.2 Å². The topological polar surface area (TPSA) is 40.9 Å². The summed E-state index contributed by atoms with van der Waals surface area (Å²) in [4.78, 5) is 11.6. The SMILES string of the molecule is N#CCC(=O)CC12CCCC(CCC1)C2. The number of rotatable bonds is 3. The summed E-state index contributed by atoms with van der Waals surface area (Å²) in [6, 6.07) is 1.98. The molecule has 2 aliphatic carbocycles. The molecule has 2 rings (SSSR count). The fourth-order valence-electron chi connectivity index (χ4n) is 3.64. The minimum Gasteiger partial charge on any atom is -0.299 e. The Morgan fingerprint density at radius 2 is 2.00 bits per heavy atom. The number of carbonyl (C=O) groups is 1. The zero-order valence-corrected chi connectivity index (χ0v) is 9.30. The van der Waals surface area contributed by atoms with Crippen LogP contribution in [0, 0.1) is 22.7 Å². The van der Waals surface area contributed by atoms with Crippen molar-refractivity contribution in [3.05, 3.63) is 0 Å². The van der Waals surface area contributed by atoms with Crippen molar-refractivity contribution in [1.29, 1.82) is 5.26 Å². The van der Waals surface area contributed by atoms with Gasteiger partial charge in [0.15, 0.2) is 0 Å². The highest BCUT2D eigenvalue weighted by Gasteiger charge is 2.40. The third-order valence-corrected chi connectivity index (χ3v) is 4.21. The maximum atomic E-state index is 11.6. The quantitative estimate of drug-likeness (QED) is 0.709. The maximum absolute atomic E-state index is 11.6.